The Morgan fingerprint density at radius 2 is 2.00 bits per heavy atom. The number of nitrogens with zero attached hydrogens (tertiary/aromatic N) is 2. The van der Waals surface area contributed by atoms with E-state index in [2.05, 4.69) is 26.7 Å². The zero-order chi connectivity index (χ0) is 17.5. The number of hydrogen-bond donors (Lipinski definition) is 2. The molecule has 0 aliphatic carbocycles. The van der Waals surface area contributed by atoms with Gasteiger partial charge in [-0.15, -0.1) is 11.3 Å². The van der Waals surface area contributed by atoms with Crippen molar-refractivity contribution in [2.24, 2.45) is 0 Å². The van der Waals surface area contributed by atoms with E-state index >= 15 is 0 Å². The fraction of sp³-hybridized carbons (Fsp3) is 0.211. The summed E-state index contributed by atoms with van der Waals surface area (Å²) in [6.45, 7) is 3.07. The number of amides is 1. The highest BCUT2D eigenvalue weighted by molar-refractivity contribution is 7.09. The van der Waals surface area contributed by atoms with E-state index in [4.69, 9.17) is 0 Å². The molecule has 3 rings (SSSR count). The molecular formula is C19H20N4OS. The molecule has 2 aromatic heterocycles. The van der Waals surface area contributed by atoms with Crippen LogP contribution in [-0.2, 0) is 13.0 Å². The van der Waals surface area contributed by atoms with Gasteiger partial charge in [-0.05, 0) is 30.4 Å². The van der Waals surface area contributed by atoms with Crippen LogP contribution in [0.5, 0.6) is 0 Å². The fourth-order valence-electron chi connectivity index (χ4n) is 2.40. The predicted octanol–water partition coefficient (Wildman–Crippen LogP) is 3.43. The Kier molecular flexibility index (Phi) is 5.74. The summed E-state index contributed by atoms with van der Waals surface area (Å²) in [5.41, 5.74) is 2.33. The second-order valence-electron chi connectivity index (χ2n) is 5.62. The number of carbonyl (C=O) groups is 1. The predicted molar refractivity (Wildman–Crippen MR) is 101 cm³/mol. The van der Waals surface area contributed by atoms with Crippen LogP contribution in [-0.4, -0.2) is 22.4 Å². The molecule has 25 heavy (non-hydrogen) atoms. The maximum absolute atomic E-state index is 12.3. The second-order valence-corrected chi connectivity index (χ2v) is 6.65. The van der Waals surface area contributed by atoms with Gasteiger partial charge in [0.1, 0.15) is 0 Å². The first kappa shape index (κ1) is 17.1. The summed E-state index contributed by atoms with van der Waals surface area (Å²) in [6, 6.07) is 14.1. The van der Waals surface area contributed by atoms with Gasteiger partial charge in [0.25, 0.3) is 5.91 Å². The van der Waals surface area contributed by atoms with E-state index in [-0.39, 0.29) is 5.91 Å². The van der Waals surface area contributed by atoms with Crippen molar-refractivity contribution >= 4 is 23.2 Å². The molecule has 2 N–H and O–H groups in total. The van der Waals surface area contributed by atoms with Gasteiger partial charge in [-0.1, -0.05) is 36.4 Å². The monoisotopic (exact) mass is 352 g/mol. The molecule has 0 aliphatic heterocycles. The van der Waals surface area contributed by atoms with Crippen molar-refractivity contribution in [2.45, 2.75) is 19.9 Å². The number of benzene rings is 1. The maximum atomic E-state index is 12.3. The second kappa shape index (κ2) is 8.39. The highest BCUT2D eigenvalue weighted by atomic mass is 32.1. The number of anilines is 1. The van der Waals surface area contributed by atoms with E-state index in [0.717, 1.165) is 12.0 Å². The van der Waals surface area contributed by atoms with Crippen molar-refractivity contribution in [3.63, 3.8) is 0 Å². The first-order valence-corrected chi connectivity index (χ1v) is 9.02. The summed E-state index contributed by atoms with van der Waals surface area (Å²) < 4.78 is 0. The molecule has 0 atom stereocenters. The lowest BCUT2D eigenvalue weighted by atomic mass is 10.2. The minimum absolute atomic E-state index is 0.135. The van der Waals surface area contributed by atoms with E-state index in [1.807, 2.05) is 48.7 Å². The molecule has 0 bridgehead atoms. The van der Waals surface area contributed by atoms with Crippen molar-refractivity contribution in [1.82, 2.24) is 15.3 Å². The third kappa shape index (κ3) is 4.87. The summed E-state index contributed by atoms with van der Waals surface area (Å²) in [7, 11) is 0. The van der Waals surface area contributed by atoms with E-state index in [9.17, 15) is 4.79 Å². The molecular weight excluding hydrogens is 332 g/mol. The normalized spacial score (nSPS) is 10.4. The third-order valence-electron chi connectivity index (χ3n) is 3.75. The highest BCUT2D eigenvalue weighted by Gasteiger charge is 2.11. The van der Waals surface area contributed by atoms with E-state index < -0.39 is 0 Å². The maximum Gasteiger partial charge on any atom is 0.254 e. The van der Waals surface area contributed by atoms with Crippen LogP contribution in [0.1, 0.15) is 26.5 Å². The van der Waals surface area contributed by atoms with Crippen LogP contribution in [0.4, 0.5) is 5.95 Å². The van der Waals surface area contributed by atoms with Crippen LogP contribution < -0.4 is 10.6 Å². The van der Waals surface area contributed by atoms with Gasteiger partial charge < -0.3 is 10.6 Å². The first-order valence-electron chi connectivity index (χ1n) is 8.14. The summed E-state index contributed by atoms with van der Waals surface area (Å²) >= 11 is 1.69. The van der Waals surface area contributed by atoms with Crippen LogP contribution in [0.3, 0.4) is 0 Å². The van der Waals surface area contributed by atoms with Gasteiger partial charge >= 0.3 is 0 Å². The van der Waals surface area contributed by atoms with Gasteiger partial charge in [0.2, 0.25) is 5.95 Å². The van der Waals surface area contributed by atoms with Gasteiger partial charge in [0.05, 0.1) is 11.3 Å². The standard InChI is InChI=1S/C19H20N4OS/c1-14-17(18(24)20-10-9-16-8-5-11-25-16)13-22-19(23-14)21-12-15-6-3-2-4-7-15/h2-8,11,13H,9-10,12H2,1H3,(H,20,24)(H,21,22,23). The lowest BCUT2D eigenvalue weighted by Gasteiger charge is -2.09. The van der Waals surface area contributed by atoms with Crippen LogP contribution in [0, 0.1) is 6.92 Å². The quantitative estimate of drug-likeness (QED) is 0.684. The summed E-state index contributed by atoms with van der Waals surface area (Å²) in [5, 5.41) is 8.14. The average Bonchev–Trinajstić information content (AvgIpc) is 3.14. The Balaban J connectivity index is 1.54. The number of rotatable bonds is 7. The number of hydrogen-bond acceptors (Lipinski definition) is 5. The highest BCUT2D eigenvalue weighted by Crippen LogP contribution is 2.10. The molecule has 128 valence electrons. The average molecular weight is 352 g/mol. The Morgan fingerprint density at radius 1 is 1.16 bits per heavy atom. The van der Waals surface area contributed by atoms with Crippen LogP contribution in [0.2, 0.25) is 0 Å². The van der Waals surface area contributed by atoms with E-state index in [1.165, 1.54) is 4.88 Å². The molecule has 6 heteroatoms. The molecule has 0 fully saturated rings. The lowest BCUT2D eigenvalue weighted by Crippen LogP contribution is -2.26. The van der Waals surface area contributed by atoms with Crippen molar-refractivity contribution in [1.29, 1.82) is 0 Å². The molecule has 0 aliphatic rings. The van der Waals surface area contributed by atoms with Crippen molar-refractivity contribution in [3.05, 3.63) is 75.7 Å². The Morgan fingerprint density at radius 3 is 2.72 bits per heavy atom. The summed E-state index contributed by atoms with van der Waals surface area (Å²) in [6.07, 6.45) is 2.41. The third-order valence-corrected chi connectivity index (χ3v) is 4.69. The first-order chi connectivity index (χ1) is 12.2. The van der Waals surface area contributed by atoms with E-state index in [1.54, 1.807) is 17.5 Å². The lowest BCUT2D eigenvalue weighted by molar-refractivity contribution is 0.0953. The number of aryl methyl sites for hydroxylation is 1. The topological polar surface area (TPSA) is 66.9 Å². The molecule has 0 saturated heterocycles. The minimum Gasteiger partial charge on any atom is -0.352 e. The Bertz CT molecular complexity index is 819. The van der Waals surface area contributed by atoms with Crippen molar-refractivity contribution < 1.29 is 4.79 Å². The van der Waals surface area contributed by atoms with Crippen LogP contribution >= 0.6 is 11.3 Å². The SMILES string of the molecule is Cc1nc(NCc2ccccc2)ncc1C(=O)NCCc1cccs1. The zero-order valence-electron chi connectivity index (χ0n) is 14.0. The van der Waals surface area contributed by atoms with Crippen LogP contribution in [0.25, 0.3) is 0 Å². The zero-order valence-corrected chi connectivity index (χ0v) is 14.8. The summed E-state index contributed by atoms with van der Waals surface area (Å²) in [5.74, 6) is 0.389. The summed E-state index contributed by atoms with van der Waals surface area (Å²) in [4.78, 5) is 22.2. The van der Waals surface area contributed by atoms with Gasteiger partial charge in [-0.2, -0.15) is 0 Å². The van der Waals surface area contributed by atoms with Gasteiger partial charge in [-0.3, -0.25) is 4.79 Å². The number of carbonyl (C=O) groups excluding carboxylic acids is 1. The van der Waals surface area contributed by atoms with Crippen LogP contribution in [0.15, 0.2) is 54.0 Å². The number of nitrogens with one attached hydrogen (secondary N) is 2. The molecule has 3 aromatic rings. The van der Waals surface area contributed by atoms with Gasteiger partial charge in [0.15, 0.2) is 0 Å². The fourth-order valence-corrected chi connectivity index (χ4v) is 3.11. The molecule has 0 spiro atoms. The molecule has 0 unspecified atom stereocenters. The Labute approximate surface area is 151 Å². The Hall–Kier alpha value is -2.73. The van der Waals surface area contributed by atoms with Gasteiger partial charge in [-0.25, -0.2) is 9.97 Å². The molecule has 0 saturated carbocycles. The number of thiophene rings is 1. The molecule has 1 amide bonds. The van der Waals surface area contributed by atoms with E-state index in [0.29, 0.717) is 30.3 Å². The molecule has 1 aromatic carbocycles. The molecule has 2 heterocycles. The van der Waals surface area contributed by atoms with Crippen molar-refractivity contribution in [3.8, 4) is 0 Å². The molecule has 5 nitrogen and oxygen atoms in total. The van der Waals surface area contributed by atoms with Gasteiger partial charge in [0, 0.05) is 24.2 Å². The minimum atomic E-state index is -0.135. The smallest absolute Gasteiger partial charge is 0.254 e. The van der Waals surface area contributed by atoms with Crippen molar-refractivity contribution in [2.75, 3.05) is 11.9 Å². The number of aromatic nitrogens is 2. The molecule has 0 radical (unpaired) electrons. The largest absolute Gasteiger partial charge is 0.352 e.